The third kappa shape index (κ3) is 2.41. The maximum atomic E-state index is 9.94. The van der Waals surface area contributed by atoms with Crippen molar-refractivity contribution in [3.05, 3.63) is 30.3 Å². The molecule has 5 atom stereocenters. The molecule has 0 aromatic heterocycles. The van der Waals surface area contributed by atoms with Gasteiger partial charge in [-0.15, -0.1) is 0 Å². The van der Waals surface area contributed by atoms with Gasteiger partial charge in [0.1, 0.15) is 24.4 Å². The van der Waals surface area contributed by atoms with Gasteiger partial charge in [0.15, 0.2) is 6.29 Å². The van der Waals surface area contributed by atoms with Gasteiger partial charge in [0.25, 0.3) is 0 Å². The van der Waals surface area contributed by atoms with E-state index in [1.807, 2.05) is 30.3 Å². The lowest BCUT2D eigenvalue weighted by Gasteiger charge is -2.44. The van der Waals surface area contributed by atoms with Crippen molar-refractivity contribution >= 4 is 12.6 Å². The topological polar surface area (TPSA) is 88.4 Å². The van der Waals surface area contributed by atoms with Gasteiger partial charge in [-0.25, -0.2) is 0 Å². The van der Waals surface area contributed by atoms with Gasteiger partial charge in [-0.3, -0.25) is 0 Å². The van der Waals surface area contributed by atoms with Gasteiger partial charge in [0.2, 0.25) is 0 Å². The van der Waals surface area contributed by atoms with E-state index in [4.69, 9.17) is 14.0 Å². The molecule has 1 aromatic carbocycles. The van der Waals surface area contributed by atoms with Crippen LogP contribution in [0.15, 0.2) is 30.3 Å². The van der Waals surface area contributed by atoms with E-state index in [9.17, 15) is 15.3 Å². The summed E-state index contributed by atoms with van der Waals surface area (Å²) in [6.07, 6.45) is -5.32. The lowest BCUT2D eigenvalue weighted by molar-refractivity contribution is -0.291. The second-order valence-electron chi connectivity index (χ2n) is 4.72. The Bertz CT molecular complexity index is 427. The number of aliphatic hydroxyl groups is 3. The second kappa shape index (κ2) is 5.20. The van der Waals surface area contributed by atoms with Crippen molar-refractivity contribution in [1.82, 2.24) is 0 Å². The highest BCUT2D eigenvalue weighted by molar-refractivity contribution is 6.61. The summed E-state index contributed by atoms with van der Waals surface area (Å²) in [6.45, 7) is 0.186. The smallest absolute Gasteiger partial charge is 0.404 e. The second-order valence-corrected chi connectivity index (χ2v) is 4.72. The Labute approximate surface area is 110 Å². The van der Waals surface area contributed by atoms with Crippen molar-refractivity contribution in [3.8, 4) is 0 Å². The highest BCUT2D eigenvalue weighted by Crippen LogP contribution is 2.26. The van der Waals surface area contributed by atoms with Crippen LogP contribution in [0, 0.1) is 0 Å². The quantitative estimate of drug-likeness (QED) is 0.522. The van der Waals surface area contributed by atoms with Gasteiger partial charge in [-0.2, -0.15) is 0 Å². The zero-order valence-corrected chi connectivity index (χ0v) is 10.1. The van der Waals surface area contributed by atoms with Crippen LogP contribution in [0.2, 0.25) is 0 Å². The van der Waals surface area contributed by atoms with Crippen LogP contribution in [0.5, 0.6) is 0 Å². The fourth-order valence-electron chi connectivity index (χ4n) is 2.37. The van der Waals surface area contributed by atoms with Crippen LogP contribution in [-0.4, -0.2) is 59.8 Å². The molecular weight excluding hydrogens is 251 g/mol. The van der Waals surface area contributed by atoms with E-state index in [1.54, 1.807) is 0 Å². The van der Waals surface area contributed by atoms with E-state index < -0.39 is 37.8 Å². The summed E-state index contributed by atoms with van der Waals surface area (Å²) in [6, 6.07) is 9.31. The van der Waals surface area contributed by atoms with Crippen molar-refractivity contribution in [2.75, 3.05) is 6.61 Å². The highest BCUT2D eigenvalue weighted by Gasteiger charge is 2.49. The van der Waals surface area contributed by atoms with E-state index >= 15 is 0 Å². The molecule has 0 saturated carbocycles. The summed E-state index contributed by atoms with van der Waals surface area (Å²) >= 11 is 0. The van der Waals surface area contributed by atoms with Crippen LogP contribution in [0.4, 0.5) is 0 Å². The maximum Gasteiger partial charge on any atom is 0.494 e. The highest BCUT2D eigenvalue weighted by atomic mass is 16.7. The minimum atomic E-state index is -1.42. The van der Waals surface area contributed by atoms with Crippen molar-refractivity contribution < 1.29 is 29.4 Å². The van der Waals surface area contributed by atoms with E-state index in [0.29, 0.717) is 0 Å². The van der Waals surface area contributed by atoms with E-state index in [1.165, 1.54) is 0 Å². The molecule has 0 spiro atoms. The Balaban J connectivity index is 1.75. The molecule has 2 aliphatic heterocycles. The predicted octanol–water partition coefficient (Wildman–Crippen LogP) is -1.76. The Hall–Kier alpha value is -0.955. The van der Waals surface area contributed by atoms with Crippen LogP contribution >= 0.6 is 0 Å². The van der Waals surface area contributed by atoms with Gasteiger partial charge in [-0.1, -0.05) is 30.3 Å². The minimum absolute atomic E-state index is 0.186. The Kier molecular flexibility index (Phi) is 3.57. The molecule has 2 aliphatic rings. The Morgan fingerprint density at radius 1 is 1.05 bits per heavy atom. The van der Waals surface area contributed by atoms with Crippen LogP contribution in [0.25, 0.3) is 0 Å². The molecule has 3 rings (SSSR count). The molecular formula is C12H15BO6. The number of rotatable bonds is 1. The number of fused-ring (bicyclic) bond motifs is 1. The summed E-state index contributed by atoms with van der Waals surface area (Å²) in [7, 11) is -0.608. The molecule has 6 nitrogen and oxygen atoms in total. The van der Waals surface area contributed by atoms with Crippen molar-refractivity contribution in [2.24, 2.45) is 0 Å². The number of hydrogen-bond donors (Lipinski definition) is 3. The van der Waals surface area contributed by atoms with Gasteiger partial charge >= 0.3 is 7.12 Å². The van der Waals surface area contributed by atoms with Gasteiger partial charge in [0.05, 0.1) is 6.61 Å². The summed E-state index contributed by atoms with van der Waals surface area (Å²) < 4.78 is 16.3. The van der Waals surface area contributed by atoms with Crippen LogP contribution in [-0.2, 0) is 14.0 Å². The van der Waals surface area contributed by atoms with Gasteiger partial charge < -0.3 is 29.4 Å². The number of hydrogen-bond acceptors (Lipinski definition) is 6. The standard InChI is InChI=1S/C12H15BO6/c14-9-10(15)12(16)18-8-6-17-13(19-11(8)9)7-4-2-1-3-5-7/h1-5,8-12,14-16H,6H2/t8-,9-,10-,11+,12-/m1/s1. The molecule has 102 valence electrons. The first kappa shape index (κ1) is 13.0. The van der Waals surface area contributed by atoms with Crippen molar-refractivity contribution in [3.63, 3.8) is 0 Å². The van der Waals surface area contributed by atoms with Crippen LogP contribution in [0.3, 0.4) is 0 Å². The Morgan fingerprint density at radius 2 is 1.79 bits per heavy atom. The average Bonchev–Trinajstić information content (AvgIpc) is 2.46. The fraction of sp³-hybridized carbons (Fsp3) is 0.500. The number of aliphatic hydroxyl groups excluding tert-OH is 3. The predicted molar refractivity (Wildman–Crippen MR) is 65.5 cm³/mol. The summed E-state index contributed by atoms with van der Waals surface area (Å²) in [5.41, 5.74) is 0.828. The molecule has 0 aliphatic carbocycles. The molecule has 0 unspecified atom stereocenters. The molecule has 19 heavy (non-hydrogen) atoms. The molecule has 0 bridgehead atoms. The minimum Gasteiger partial charge on any atom is -0.404 e. The Morgan fingerprint density at radius 3 is 2.53 bits per heavy atom. The first-order chi connectivity index (χ1) is 9.16. The molecule has 7 heteroatoms. The summed E-state index contributed by atoms with van der Waals surface area (Å²) in [4.78, 5) is 0. The molecule has 0 amide bonds. The molecule has 2 fully saturated rings. The van der Waals surface area contributed by atoms with Crippen molar-refractivity contribution in [1.29, 1.82) is 0 Å². The van der Waals surface area contributed by atoms with Crippen LogP contribution < -0.4 is 5.46 Å². The SMILES string of the molecule is O[C@@H]1[C@@H](O)[C@H](O)O[C@@H]2COB(c3ccccc3)O[C@H]12. The van der Waals surface area contributed by atoms with Gasteiger partial charge in [-0.05, 0) is 5.46 Å². The zero-order chi connectivity index (χ0) is 13.4. The van der Waals surface area contributed by atoms with E-state index in [2.05, 4.69) is 0 Å². The van der Waals surface area contributed by atoms with Crippen molar-refractivity contribution in [2.45, 2.75) is 30.7 Å². The lowest BCUT2D eigenvalue weighted by atomic mass is 9.76. The summed E-state index contributed by atoms with van der Waals surface area (Å²) in [5, 5.41) is 29.0. The number of ether oxygens (including phenoxy) is 1. The van der Waals surface area contributed by atoms with E-state index in [0.717, 1.165) is 5.46 Å². The largest absolute Gasteiger partial charge is 0.494 e. The summed E-state index contributed by atoms with van der Waals surface area (Å²) in [5.74, 6) is 0. The third-order valence-electron chi connectivity index (χ3n) is 3.42. The average molecular weight is 266 g/mol. The molecule has 3 N–H and O–H groups in total. The fourth-order valence-corrected chi connectivity index (χ4v) is 2.37. The zero-order valence-electron chi connectivity index (χ0n) is 10.1. The monoisotopic (exact) mass is 266 g/mol. The first-order valence-electron chi connectivity index (χ1n) is 6.18. The molecule has 0 radical (unpaired) electrons. The third-order valence-corrected chi connectivity index (χ3v) is 3.42. The number of benzene rings is 1. The maximum absolute atomic E-state index is 9.94. The lowest BCUT2D eigenvalue weighted by Crippen LogP contribution is -2.65. The molecule has 1 aromatic rings. The van der Waals surface area contributed by atoms with Gasteiger partial charge in [0, 0.05) is 0 Å². The molecule has 2 heterocycles. The molecule has 2 saturated heterocycles. The van der Waals surface area contributed by atoms with Crippen LogP contribution in [0.1, 0.15) is 0 Å². The first-order valence-corrected chi connectivity index (χ1v) is 6.18. The van der Waals surface area contributed by atoms with E-state index in [-0.39, 0.29) is 6.61 Å². The normalized spacial score (nSPS) is 38.9.